The Kier molecular flexibility index (Phi) is 2.55. The minimum Gasteiger partial charge on any atom is -0.495 e. The predicted molar refractivity (Wildman–Crippen MR) is 55.0 cm³/mol. The summed E-state index contributed by atoms with van der Waals surface area (Å²) in [5.41, 5.74) is -0.450. The van der Waals surface area contributed by atoms with Crippen molar-refractivity contribution in [3.63, 3.8) is 0 Å². The first-order chi connectivity index (χ1) is 7.55. The van der Waals surface area contributed by atoms with Crippen LogP contribution >= 0.6 is 0 Å². The van der Waals surface area contributed by atoms with Gasteiger partial charge in [-0.25, -0.2) is 0 Å². The lowest BCUT2D eigenvalue weighted by molar-refractivity contribution is -0.159. The standard InChI is InChI=1S/C11H13NO4/c1-16-9-2-8(5-12-6-9)11(15)3-7(4-11)10(13)14/h2,5-7,15H,3-4H2,1H3,(H,13,14). The molecule has 86 valence electrons. The summed E-state index contributed by atoms with van der Waals surface area (Å²) in [6.07, 6.45) is 3.55. The van der Waals surface area contributed by atoms with Crippen LogP contribution in [0.5, 0.6) is 5.75 Å². The van der Waals surface area contributed by atoms with Crippen LogP contribution in [0.15, 0.2) is 18.5 Å². The molecule has 2 rings (SSSR count). The highest BCUT2D eigenvalue weighted by Gasteiger charge is 2.47. The van der Waals surface area contributed by atoms with E-state index in [4.69, 9.17) is 9.84 Å². The van der Waals surface area contributed by atoms with Crippen LogP contribution < -0.4 is 4.74 Å². The average Bonchev–Trinajstić information content (AvgIpc) is 2.24. The number of carboxylic acid groups (broad SMARTS) is 1. The Balaban J connectivity index is 2.16. The zero-order valence-electron chi connectivity index (χ0n) is 8.88. The van der Waals surface area contributed by atoms with Crippen molar-refractivity contribution in [2.75, 3.05) is 7.11 Å². The smallest absolute Gasteiger partial charge is 0.306 e. The number of carboxylic acids is 1. The fraction of sp³-hybridized carbons (Fsp3) is 0.455. The van der Waals surface area contributed by atoms with Crippen LogP contribution in [0.3, 0.4) is 0 Å². The van der Waals surface area contributed by atoms with E-state index in [1.165, 1.54) is 7.11 Å². The van der Waals surface area contributed by atoms with Crippen LogP contribution in [0.2, 0.25) is 0 Å². The number of nitrogens with zero attached hydrogens (tertiary/aromatic N) is 1. The third-order valence-electron chi connectivity index (χ3n) is 3.00. The maximum Gasteiger partial charge on any atom is 0.306 e. The van der Waals surface area contributed by atoms with E-state index in [0.717, 1.165) is 0 Å². The molecule has 1 fully saturated rings. The van der Waals surface area contributed by atoms with E-state index in [2.05, 4.69) is 4.98 Å². The topological polar surface area (TPSA) is 79.7 Å². The number of hydrogen-bond acceptors (Lipinski definition) is 4. The number of methoxy groups -OCH3 is 1. The summed E-state index contributed by atoms with van der Waals surface area (Å²) < 4.78 is 5.00. The van der Waals surface area contributed by atoms with Crippen molar-refractivity contribution >= 4 is 5.97 Å². The lowest BCUT2D eigenvalue weighted by Crippen LogP contribution is -2.44. The Bertz CT molecular complexity index is 412. The highest BCUT2D eigenvalue weighted by atomic mass is 16.5. The van der Waals surface area contributed by atoms with Crippen LogP contribution in [-0.2, 0) is 10.4 Å². The van der Waals surface area contributed by atoms with Crippen molar-refractivity contribution in [2.45, 2.75) is 18.4 Å². The van der Waals surface area contributed by atoms with Gasteiger partial charge in [-0.3, -0.25) is 9.78 Å². The van der Waals surface area contributed by atoms with E-state index in [-0.39, 0.29) is 12.8 Å². The van der Waals surface area contributed by atoms with E-state index in [1.807, 2.05) is 0 Å². The minimum absolute atomic E-state index is 0.233. The maximum atomic E-state index is 10.7. The second-order valence-electron chi connectivity index (χ2n) is 4.09. The molecule has 5 heteroatoms. The van der Waals surface area contributed by atoms with Crippen LogP contribution in [0, 0.1) is 5.92 Å². The van der Waals surface area contributed by atoms with E-state index < -0.39 is 17.5 Å². The molecule has 1 aromatic heterocycles. The van der Waals surface area contributed by atoms with Gasteiger partial charge in [-0.15, -0.1) is 0 Å². The van der Waals surface area contributed by atoms with Crippen LogP contribution in [0.1, 0.15) is 18.4 Å². The van der Waals surface area contributed by atoms with Gasteiger partial charge in [0, 0.05) is 11.8 Å². The number of carbonyl (C=O) groups is 1. The summed E-state index contributed by atoms with van der Waals surface area (Å²) in [4.78, 5) is 14.6. The first-order valence-electron chi connectivity index (χ1n) is 5.00. The van der Waals surface area contributed by atoms with E-state index in [9.17, 15) is 9.90 Å². The van der Waals surface area contributed by atoms with Crippen molar-refractivity contribution in [3.8, 4) is 5.75 Å². The van der Waals surface area contributed by atoms with Gasteiger partial charge in [-0.1, -0.05) is 0 Å². The summed E-state index contributed by atoms with van der Waals surface area (Å²) in [7, 11) is 1.52. The molecule has 0 saturated heterocycles. The molecule has 0 amide bonds. The maximum absolute atomic E-state index is 10.7. The highest BCUT2D eigenvalue weighted by molar-refractivity contribution is 5.71. The monoisotopic (exact) mass is 223 g/mol. The molecule has 0 aliphatic heterocycles. The zero-order valence-corrected chi connectivity index (χ0v) is 8.88. The number of ether oxygens (including phenoxy) is 1. The van der Waals surface area contributed by atoms with E-state index in [1.54, 1.807) is 18.5 Å². The molecule has 5 nitrogen and oxygen atoms in total. The number of rotatable bonds is 3. The second kappa shape index (κ2) is 3.75. The molecule has 1 aliphatic rings. The average molecular weight is 223 g/mol. The first-order valence-corrected chi connectivity index (χ1v) is 5.00. The first kappa shape index (κ1) is 10.9. The largest absolute Gasteiger partial charge is 0.495 e. The van der Waals surface area contributed by atoms with Gasteiger partial charge in [0.2, 0.25) is 0 Å². The van der Waals surface area contributed by atoms with Gasteiger partial charge in [0.15, 0.2) is 0 Å². The van der Waals surface area contributed by atoms with Crippen LogP contribution in [0.4, 0.5) is 0 Å². The molecule has 16 heavy (non-hydrogen) atoms. The molecule has 2 N–H and O–H groups in total. The molecule has 0 atom stereocenters. The molecule has 0 aromatic carbocycles. The van der Waals surface area contributed by atoms with Gasteiger partial charge in [-0.2, -0.15) is 0 Å². The number of aliphatic carboxylic acids is 1. The van der Waals surface area contributed by atoms with E-state index in [0.29, 0.717) is 11.3 Å². The fourth-order valence-corrected chi connectivity index (χ4v) is 1.95. The molecule has 1 aliphatic carbocycles. The molecule has 1 saturated carbocycles. The third-order valence-corrected chi connectivity index (χ3v) is 3.00. The molecule has 0 radical (unpaired) electrons. The van der Waals surface area contributed by atoms with Crippen molar-refractivity contribution < 1.29 is 19.7 Å². The lowest BCUT2D eigenvalue weighted by atomic mass is 9.68. The van der Waals surface area contributed by atoms with Gasteiger partial charge in [0.1, 0.15) is 5.75 Å². The normalized spacial score (nSPS) is 28.2. The van der Waals surface area contributed by atoms with Crippen molar-refractivity contribution in [1.29, 1.82) is 0 Å². The Labute approximate surface area is 92.7 Å². The van der Waals surface area contributed by atoms with Crippen LogP contribution in [0.25, 0.3) is 0 Å². The van der Waals surface area contributed by atoms with Crippen molar-refractivity contribution in [1.82, 2.24) is 4.98 Å². The SMILES string of the molecule is COc1cncc(C2(O)CC(C(=O)O)C2)c1. The van der Waals surface area contributed by atoms with Gasteiger partial charge >= 0.3 is 5.97 Å². The summed E-state index contributed by atoms with van der Waals surface area (Å²) in [5.74, 6) is -0.763. The number of hydrogen-bond donors (Lipinski definition) is 2. The van der Waals surface area contributed by atoms with Gasteiger partial charge < -0.3 is 14.9 Å². The van der Waals surface area contributed by atoms with Gasteiger partial charge in [-0.05, 0) is 18.9 Å². The molecule has 0 bridgehead atoms. The zero-order chi connectivity index (χ0) is 11.8. The summed E-state index contributed by atoms with van der Waals surface area (Å²) in [5, 5.41) is 18.9. The fourth-order valence-electron chi connectivity index (χ4n) is 1.95. The predicted octanol–water partition coefficient (Wildman–Crippen LogP) is 0.772. The molecular weight excluding hydrogens is 210 g/mol. The highest BCUT2D eigenvalue weighted by Crippen LogP contribution is 2.45. The third kappa shape index (κ3) is 1.74. The number of aromatic nitrogens is 1. The molecule has 1 aromatic rings. The quantitative estimate of drug-likeness (QED) is 0.791. The van der Waals surface area contributed by atoms with Crippen molar-refractivity contribution in [2.24, 2.45) is 5.92 Å². The Hall–Kier alpha value is -1.62. The summed E-state index contributed by atoms with van der Waals surface area (Å²) >= 11 is 0. The van der Waals surface area contributed by atoms with Crippen LogP contribution in [-0.4, -0.2) is 28.3 Å². The summed E-state index contributed by atoms with van der Waals surface area (Å²) in [6, 6.07) is 1.69. The van der Waals surface area contributed by atoms with Gasteiger partial charge in [0.05, 0.1) is 24.8 Å². The minimum atomic E-state index is -1.06. The van der Waals surface area contributed by atoms with Gasteiger partial charge in [0.25, 0.3) is 0 Å². The Morgan fingerprint density at radius 1 is 1.56 bits per heavy atom. The number of aliphatic hydroxyl groups is 1. The lowest BCUT2D eigenvalue weighted by Gasteiger charge is -2.41. The Morgan fingerprint density at radius 3 is 2.81 bits per heavy atom. The van der Waals surface area contributed by atoms with E-state index >= 15 is 0 Å². The molecule has 0 spiro atoms. The Morgan fingerprint density at radius 2 is 2.25 bits per heavy atom. The second-order valence-corrected chi connectivity index (χ2v) is 4.09. The molecular formula is C11H13NO4. The number of pyridine rings is 1. The molecule has 1 heterocycles. The van der Waals surface area contributed by atoms with Crippen molar-refractivity contribution in [3.05, 3.63) is 24.0 Å². The summed E-state index contributed by atoms with van der Waals surface area (Å²) in [6.45, 7) is 0. The molecule has 0 unspecified atom stereocenters.